The van der Waals surface area contributed by atoms with Crippen molar-refractivity contribution in [2.45, 2.75) is 31.7 Å². The van der Waals surface area contributed by atoms with E-state index in [-0.39, 0.29) is 23.8 Å². The van der Waals surface area contributed by atoms with Gasteiger partial charge in [0.15, 0.2) is 17.4 Å². The molecule has 2 rings (SSSR count). The van der Waals surface area contributed by atoms with Crippen LogP contribution in [0.5, 0.6) is 0 Å². The van der Waals surface area contributed by atoms with Gasteiger partial charge in [0.1, 0.15) is 0 Å². The lowest BCUT2D eigenvalue weighted by Crippen LogP contribution is -2.41. The van der Waals surface area contributed by atoms with Gasteiger partial charge < -0.3 is 5.32 Å². The molecular weight excluding hydrogens is 224 g/mol. The standard InChI is InChI=1S/C13H15F2NO/c14-10-5-3-4-9(13(10)15)8-12(17)11-6-1-2-7-16-11/h3-5,11,16H,1-2,6-8H2. The molecule has 4 heteroatoms. The van der Waals surface area contributed by atoms with E-state index in [1.54, 1.807) is 0 Å². The number of hydrogen-bond donors (Lipinski definition) is 1. The second-order valence-electron chi connectivity index (χ2n) is 4.36. The van der Waals surface area contributed by atoms with E-state index in [9.17, 15) is 13.6 Å². The van der Waals surface area contributed by atoms with E-state index in [2.05, 4.69) is 5.32 Å². The van der Waals surface area contributed by atoms with Crippen LogP contribution < -0.4 is 5.32 Å². The van der Waals surface area contributed by atoms with Crippen molar-refractivity contribution in [2.24, 2.45) is 0 Å². The van der Waals surface area contributed by atoms with Gasteiger partial charge in [0, 0.05) is 6.42 Å². The summed E-state index contributed by atoms with van der Waals surface area (Å²) in [6, 6.07) is 3.74. The van der Waals surface area contributed by atoms with Gasteiger partial charge in [0.05, 0.1) is 6.04 Å². The molecule has 1 aliphatic rings. The molecule has 92 valence electrons. The van der Waals surface area contributed by atoms with Crippen LogP contribution in [0.15, 0.2) is 18.2 Å². The van der Waals surface area contributed by atoms with Crippen LogP contribution in [0.2, 0.25) is 0 Å². The number of carbonyl (C=O) groups excluding carboxylic acids is 1. The minimum absolute atomic E-state index is 0.0404. The van der Waals surface area contributed by atoms with E-state index in [1.165, 1.54) is 12.1 Å². The molecule has 17 heavy (non-hydrogen) atoms. The number of hydrogen-bond acceptors (Lipinski definition) is 2. The van der Waals surface area contributed by atoms with Gasteiger partial charge in [-0.15, -0.1) is 0 Å². The van der Waals surface area contributed by atoms with Gasteiger partial charge in [0.25, 0.3) is 0 Å². The van der Waals surface area contributed by atoms with Gasteiger partial charge in [-0.25, -0.2) is 8.78 Å². The smallest absolute Gasteiger partial charge is 0.162 e. The molecule has 1 aromatic rings. The van der Waals surface area contributed by atoms with Crippen LogP contribution in [-0.2, 0) is 11.2 Å². The Balaban J connectivity index is 2.04. The van der Waals surface area contributed by atoms with Gasteiger partial charge >= 0.3 is 0 Å². The Hall–Kier alpha value is -1.29. The van der Waals surface area contributed by atoms with Crippen LogP contribution in [0.25, 0.3) is 0 Å². The predicted octanol–water partition coefficient (Wildman–Crippen LogP) is 2.22. The zero-order valence-electron chi connectivity index (χ0n) is 9.51. The Morgan fingerprint density at radius 1 is 1.35 bits per heavy atom. The molecule has 0 amide bonds. The average Bonchev–Trinajstić information content (AvgIpc) is 2.36. The predicted molar refractivity (Wildman–Crippen MR) is 60.7 cm³/mol. The van der Waals surface area contributed by atoms with Crippen molar-refractivity contribution in [1.82, 2.24) is 5.32 Å². The Morgan fingerprint density at radius 3 is 2.88 bits per heavy atom. The monoisotopic (exact) mass is 239 g/mol. The highest BCUT2D eigenvalue weighted by molar-refractivity contribution is 5.86. The van der Waals surface area contributed by atoms with Crippen molar-refractivity contribution in [3.8, 4) is 0 Å². The molecule has 0 saturated carbocycles. The highest BCUT2D eigenvalue weighted by Crippen LogP contribution is 2.15. The van der Waals surface area contributed by atoms with Gasteiger partial charge in [-0.1, -0.05) is 18.6 Å². The van der Waals surface area contributed by atoms with Crippen molar-refractivity contribution in [2.75, 3.05) is 6.54 Å². The number of ketones is 1. The van der Waals surface area contributed by atoms with Crippen LogP contribution >= 0.6 is 0 Å². The third kappa shape index (κ3) is 2.88. The molecule has 1 saturated heterocycles. The Kier molecular flexibility index (Phi) is 3.84. The molecule has 0 aromatic heterocycles. The Morgan fingerprint density at radius 2 is 2.18 bits per heavy atom. The molecular formula is C13H15F2NO. The quantitative estimate of drug-likeness (QED) is 0.876. The van der Waals surface area contributed by atoms with Gasteiger partial charge in [-0.3, -0.25) is 4.79 Å². The maximum absolute atomic E-state index is 13.4. The molecule has 1 N–H and O–H groups in total. The average molecular weight is 239 g/mol. The number of nitrogens with one attached hydrogen (secondary N) is 1. The largest absolute Gasteiger partial charge is 0.307 e. The number of rotatable bonds is 3. The molecule has 1 fully saturated rings. The molecule has 0 bridgehead atoms. The summed E-state index contributed by atoms with van der Waals surface area (Å²) in [6.45, 7) is 0.821. The summed E-state index contributed by atoms with van der Waals surface area (Å²) in [4.78, 5) is 11.9. The molecule has 1 aromatic carbocycles. The second-order valence-corrected chi connectivity index (χ2v) is 4.36. The number of carbonyl (C=O) groups is 1. The minimum Gasteiger partial charge on any atom is -0.307 e. The third-order valence-corrected chi connectivity index (χ3v) is 3.10. The Bertz CT molecular complexity index is 414. The van der Waals surface area contributed by atoms with Crippen molar-refractivity contribution in [3.05, 3.63) is 35.4 Å². The molecule has 0 radical (unpaired) electrons. The van der Waals surface area contributed by atoms with Crippen molar-refractivity contribution < 1.29 is 13.6 Å². The minimum atomic E-state index is -0.906. The third-order valence-electron chi connectivity index (χ3n) is 3.10. The maximum atomic E-state index is 13.4. The molecule has 0 spiro atoms. The molecule has 1 unspecified atom stereocenters. The maximum Gasteiger partial charge on any atom is 0.162 e. The van der Waals surface area contributed by atoms with E-state index in [0.717, 1.165) is 31.9 Å². The highest BCUT2D eigenvalue weighted by Gasteiger charge is 2.22. The first-order chi connectivity index (χ1) is 8.18. The van der Waals surface area contributed by atoms with E-state index >= 15 is 0 Å². The SMILES string of the molecule is O=C(Cc1cccc(F)c1F)C1CCCCN1. The molecule has 1 atom stereocenters. The van der Waals surface area contributed by atoms with Gasteiger partial charge in [-0.05, 0) is 31.0 Å². The summed E-state index contributed by atoms with van der Waals surface area (Å²) in [6.07, 6.45) is 2.82. The zero-order valence-corrected chi connectivity index (χ0v) is 9.51. The fraction of sp³-hybridized carbons (Fsp3) is 0.462. The van der Waals surface area contributed by atoms with Gasteiger partial charge in [0.2, 0.25) is 0 Å². The summed E-state index contributed by atoms with van der Waals surface area (Å²) in [5.41, 5.74) is 0.141. The molecule has 1 aliphatic heterocycles. The Labute approximate surface area is 99.0 Å². The van der Waals surface area contributed by atoms with E-state index in [1.807, 2.05) is 0 Å². The van der Waals surface area contributed by atoms with Crippen LogP contribution in [0.1, 0.15) is 24.8 Å². The number of Topliss-reactive ketones (excluding diaryl/α,β-unsaturated/α-hetero) is 1. The summed E-state index contributed by atoms with van der Waals surface area (Å²) >= 11 is 0. The number of piperidine rings is 1. The topological polar surface area (TPSA) is 29.1 Å². The summed E-state index contributed by atoms with van der Waals surface area (Å²) < 4.78 is 26.4. The van der Waals surface area contributed by atoms with Crippen LogP contribution in [0.4, 0.5) is 8.78 Å². The van der Waals surface area contributed by atoms with Crippen LogP contribution in [-0.4, -0.2) is 18.4 Å². The van der Waals surface area contributed by atoms with Crippen molar-refractivity contribution in [3.63, 3.8) is 0 Å². The van der Waals surface area contributed by atoms with E-state index in [4.69, 9.17) is 0 Å². The van der Waals surface area contributed by atoms with E-state index in [0.29, 0.717) is 0 Å². The summed E-state index contributed by atoms with van der Waals surface area (Å²) in [5, 5.41) is 3.11. The summed E-state index contributed by atoms with van der Waals surface area (Å²) in [7, 11) is 0. The lowest BCUT2D eigenvalue weighted by atomic mass is 9.96. The number of halogens is 2. The van der Waals surface area contributed by atoms with Crippen LogP contribution in [0.3, 0.4) is 0 Å². The lowest BCUT2D eigenvalue weighted by molar-refractivity contribution is -0.121. The fourth-order valence-corrected chi connectivity index (χ4v) is 2.12. The first-order valence-corrected chi connectivity index (χ1v) is 5.87. The van der Waals surface area contributed by atoms with Gasteiger partial charge in [-0.2, -0.15) is 0 Å². The van der Waals surface area contributed by atoms with Crippen LogP contribution in [0, 0.1) is 11.6 Å². The lowest BCUT2D eigenvalue weighted by Gasteiger charge is -2.22. The van der Waals surface area contributed by atoms with Crippen molar-refractivity contribution in [1.29, 1.82) is 0 Å². The normalized spacial score (nSPS) is 20.2. The zero-order chi connectivity index (χ0) is 12.3. The highest BCUT2D eigenvalue weighted by atomic mass is 19.2. The van der Waals surface area contributed by atoms with Crippen molar-refractivity contribution >= 4 is 5.78 Å². The fourth-order valence-electron chi connectivity index (χ4n) is 2.12. The first-order valence-electron chi connectivity index (χ1n) is 5.87. The van der Waals surface area contributed by atoms with E-state index < -0.39 is 11.6 Å². The first kappa shape index (κ1) is 12.2. The molecule has 2 nitrogen and oxygen atoms in total. The number of benzene rings is 1. The second kappa shape index (κ2) is 5.36. The molecule has 1 heterocycles. The summed E-state index contributed by atoms with van der Waals surface area (Å²) in [5.74, 6) is -1.86. The molecule has 0 aliphatic carbocycles.